The third-order valence-electron chi connectivity index (χ3n) is 3.92. The van der Waals surface area contributed by atoms with E-state index in [1.807, 2.05) is 35.8 Å². The number of nitrogens with zero attached hydrogens (tertiary/aromatic N) is 3. The molecule has 0 fully saturated rings. The van der Waals surface area contributed by atoms with Crippen molar-refractivity contribution in [3.05, 3.63) is 67.0 Å². The van der Waals surface area contributed by atoms with Gasteiger partial charge in [-0.1, -0.05) is 30.0 Å². The number of ether oxygens (including phenoxy) is 1. The van der Waals surface area contributed by atoms with Crippen LogP contribution >= 0.6 is 11.8 Å². The number of hydrogen-bond acceptors (Lipinski definition) is 5. The summed E-state index contributed by atoms with van der Waals surface area (Å²) in [5.74, 6) is 0.939. The minimum Gasteiger partial charge on any atom is -0.493 e. The second kappa shape index (κ2) is 9.88. The number of aromatic nitrogens is 3. The Hall–Kier alpha value is -3.13. The summed E-state index contributed by atoms with van der Waals surface area (Å²) >= 11 is 1.27. The lowest BCUT2D eigenvalue weighted by atomic mass is 10.2. The van der Waals surface area contributed by atoms with Gasteiger partial charge in [0.15, 0.2) is 11.0 Å². The molecular weight excluding hydrogens is 391 g/mol. The van der Waals surface area contributed by atoms with Gasteiger partial charge in [-0.05, 0) is 43.3 Å². The average Bonchev–Trinajstić information content (AvgIpc) is 3.12. The fourth-order valence-electron chi connectivity index (χ4n) is 2.68. The highest BCUT2D eigenvalue weighted by Gasteiger charge is 2.17. The van der Waals surface area contributed by atoms with Gasteiger partial charge >= 0.3 is 0 Å². The van der Waals surface area contributed by atoms with E-state index in [0.717, 1.165) is 11.3 Å². The van der Waals surface area contributed by atoms with Crippen LogP contribution in [0.25, 0.3) is 11.4 Å². The zero-order chi connectivity index (χ0) is 20.6. The predicted octanol–water partition coefficient (Wildman–Crippen LogP) is 4.40. The fourth-order valence-corrected chi connectivity index (χ4v) is 3.43. The van der Waals surface area contributed by atoms with Gasteiger partial charge in [0, 0.05) is 12.2 Å². The Kier molecular flexibility index (Phi) is 7.02. The Morgan fingerprint density at radius 2 is 2.00 bits per heavy atom. The van der Waals surface area contributed by atoms with Gasteiger partial charge in [-0.2, -0.15) is 0 Å². The molecule has 0 bridgehead atoms. The van der Waals surface area contributed by atoms with Crippen LogP contribution in [0.2, 0.25) is 0 Å². The van der Waals surface area contributed by atoms with Crippen molar-refractivity contribution in [2.75, 3.05) is 17.7 Å². The lowest BCUT2D eigenvalue weighted by Gasteiger charge is -2.11. The van der Waals surface area contributed by atoms with E-state index < -0.39 is 0 Å². The van der Waals surface area contributed by atoms with E-state index in [4.69, 9.17) is 4.74 Å². The van der Waals surface area contributed by atoms with Crippen LogP contribution in [0.4, 0.5) is 10.1 Å². The first kappa shape index (κ1) is 20.6. The van der Waals surface area contributed by atoms with Gasteiger partial charge in [0.2, 0.25) is 5.91 Å². The number of nitrogens with one attached hydrogen (secondary N) is 1. The van der Waals surface area contributed by atoms with Crippen LogP contribution in [-0.2, 0) is 11.3 Å². The van der Waals surface area contributed by atoms with Crippen molar-refractivity contribution in [3.8, 4) is 17.1 Å². The normalized spacial score (nSPS) is 10.6. The molecule has 0 aliphatic carbocycles. The summed E-state index contributed by atoms with van der Waals surface area (Å²) in [6.07, 6.45) is 1.75. The number of hydrogen-bond donors (Lipinski definition) is 1. The number of amides is 1. The van der Waals surface area contributed by atoms with E-state index in [9.17, 15) is 9.18 Å². The molecule has 0 saturated carbocycles. The van der Waals surface area contributed by atoms with Gasteiger partial charge in [0.05, 0.1) is 17.9 Å². The Morgan fingerprint density at radius 3 is 2.72 bits per heavy atom. The molecule has 0 atom stereocenters. The minimum absolute atomic E-state index is 0.139. The Morgan fingerprint density at radius 1 is 1.24 bits per heavy atom. The molecule has 1 N–H and O–H groups in total. The molecule has 0 spiro atoms. The van der Waals surface area contributed by atoms with Crippen molar-refractivity contribution < 1.29 is 13.9 Å². The molecule has 1 amide bonds. The number of allylic oxidation sites excluding steroid dienone is 1. The van der Waals surface area contributed by atoms with Gasteiger partial charge in [-0.3, -0.25) is 9.36 Å². The maximum atomic E-state index is 13.0. The smallest absolute Gasteiger partial charge is 0.234 e. The summed E-state index contributed by atoms with van der Waals surface area (Å²) in [5.41, 5.74) is 1.36. The van der Waals surface area contributed by atoms with Crippen molar-refractivity contribution in [2.45, 2.75) is 18.6 Å². The molecule has 1 heterocycles. The number of halogens is 1. The first-order valence-corrected chi connectivity index (χ1v) is 10.1. The average molecular weight is 412 g/mol. The van der Waals surface area contributed by atoms with Crippen LogP contribution in [0.5, 0.6) is 5.75 Å². The maximum absolute atomic E-state index is 13.0. The topological polar surface area (TPSA) is 69.0 Å². The second-order valence-corrected chi connectivity index (χ2v) is 6.92. The molecule has 0 radical (unpaired) electrons. The molecule has 150 valence electrons. The third kappa shape index (κ3) is 5.23. The van der Waals surface area contributed by atoms with E-state index in [0.29, 0.717) is 29.8 Å². The summed E-state index contributed by atoms with van der Waals surface area (Å²) in [6.45, 7) is 6.75. The Bertz CT molecular complexity index is 989. The van der Waals surface area contributed by atoms with Crippen LogP contribution in [0.15, 0.2) is 66.3 Å². The minimum atomic E-state index is -0.352. The monoisotopic (exact) mass is 412 g/mol. The maximum Gasteiger partial charge on any atom is 0.234 e. The summed E-state index contributed by atoms with van der Waals surface area (Å²) < 4.78 is 20.6. The van der Waals surface area contributed by atoms with Crippen molar-refractivity contribution in [1.82, 2.24) is 14.8 Å². The third-order valence-corrected chi connectivity index (χ3v) is 4.88. The van der Waals surface area contributed by atoms with E-state index >= 15 is 0 Å². The van der Waals surface area contributed by atoms with Gasteiger partial charge < -0.3 is 10.1 Å². The standard InChI is InChI=1S/C21H21FN4O2S/c1-3-13-26-20(17-7-5-6-8-18(17)28-4-2)24-25-21(26)29-14-19(27)23-16-11-9-15(22)10-12-16/h3,5-12H,1,4,13-14H2,2H3,(H,23,27). The van der Waals surface area contributed by atoms with E-state index in [-0.39, 0.29) is 17.5 Å². The lowest BCUT2D eigenvalue weighted by molar-refractivity contribution is -0.113. The highest BCUT2D eigenvalue weighted by atomic mass is 32.2. The molecule has 29 heavy (non-hydrogen) atoms. The molecular formula is C21H21FN4O2S. The molecule has 0 aliphatic heterocycles. The molecule has 2 aromatic carbocycles. The number of rotatable bonds is 9. The van der Waals surface area contributed by atoms with Crippen LogP contribution in [-0.4, -0.2) is 33.0 Å². The summed E-state index contributed by atoms with van der Waals surface area (Å²) in [4.78, 5) is 12.2. The number of carbonyl (C=O) groups excluding carboxylic acids is 1. The Labute approximate surface area is 172 Å². The zero-order valence-electron chi connectivity index (χ0n) is 16.0. The zero-order valence-corrected chi connectivity index (χ0v) is 16.8. The lowest BCUT2D eigenvalue weighted by Crippen LogP contribution is -2.14. The summed E-state index contributed by atoms with van der Waals surface area (Å²) in [5, 5.41) is 11.9. The molecule has 0 unspecified atom stereocenters. The molecule has 6 nitrogen and oxygen atoms in total. The van der Waals surface area contributed by atoms with E-state index in [1.54, 1.807) is 6.08 Å². The first-order chi connectivity index (χ1) is 14.1. The number of thioether (sulfide) groups is 1. The van der Waals surface area contributed by atoms with Crippen LogP contribution in [0, 0.1) is 5.82 Å². The van der Waals surface area contributed by atoms with Crippen molar-refractivity contribution in [2.24, 2.45) is 0 Å². The highest BCUT2D eigenvalue weighted by Crippen LogP contribution is 2.31. The van der Waals surface area contributed by atoms with Gasteiger partial charge in [0.1, 0.15) is 11.6 Å². The Balaban J connectivity index is 1.76. The number of para-hydroxylation sites is 1. The molecule has 3 rings (SSSR count). The fraction of sp³-hybridized carbons (Fsp3) is 0.190. The van der Waals surface area contributed by atoms with Crippen LogP contribution in [0.3, 0.4) is 0 Å². The van der Waals surface area contributed by atoms with E-state index in [1.165, 1.54) is 36.0 Å². The highest BCUT2D eigenvalue weighted by molar-refractivity contribution is 7.99. The number of anilines is 1. The van der Waals surface area contributed by atoms with Gasteiger partial charge in [-0.15, -0.1) is 16.8 Å². The van der Waals surface area contributed by atoms with E-state index in [2.05, 4.69) is 22.1 Å². The first-order valence-electron chi connectivity index (χ1n) is 9.07. The van der Waals surface area contributed by atoms with Crippen molar-refractivity contribution in [1.29, 1.82) is 0 Å². The summed E-state index contributed by atoms with van der Waals surface area (Å²) in [6, 6.07) is 13.2. The molecule has 0 saturated heterocycles. The molecule has 3 aromatic rings. The van der Waals surface area contributed by atoms with Crippen LogP contribution < -0.4 is 10.1 Å². The van der Waals surface area contributed by atoms with Gasteiger partial charge in [0.25, 0.3) is 0 Å². The largest absolute Gasteiger partial charge is 0.493 e. The van der Waals surface area contributed by atoms with Crippen LogP contribution in [0.1, 0.15) is 6.92 Å². The molecule has 1 aromatic heterocycles. The van der Waals surface area contributed by atoms with Crippen molar-refractivity contribution in [3.63, 3.8) is 0 Å². The molecule has 0 aliphatic rings. The number of carbonyl (C=O) groups is 1. The van der Waals surface area contributed by atoms with Crippen molar-refractivity contribution >= 4 is 23.4 Å². The predicted molar refractivity (Wildman–Crippen MR) is 113 cm³/mol. The quantitative estimate of drug-likeness (QED) is 0.417. The number of benzene rings is 2. The molecule has 8 heteroatoms. The SMILES string of the molecule is C=CCn1c(SCC(=O)Nc2ccc(F)cc2)nnc1-c1ccccc1OCC. The van der Waals surface area contributed by atoms with Gasteiger partial charge in [-0.25, -0.2) is 4.39 Å². The summed E-state index contributed by atoms with van der Waals surface area (Å²) in [7, 11) is 0. The second-order valence-electron chi connectivity index (χ2n) is 5.98.